The van der Waals surface area contributed by atoms with Crippen molar-refractivity contribution in [2.24, 2.45) is 0 Å². The molecule has 4 aromatic heterocycles. The first-order valence-electron chi connectivity index (χ1n) is 14.6. The highest BCUT2D eigenvalue weighted by Crippen LogP contribution is 2.23. The van der Waals surface area contributed by atoms with Gasteiger partial charge in [-0.15, -0.1) is 0 Å². The van der Waals surface area contributed by atoms with Gasteiger partial charge in [0, 0.05) is 22.5 Å². The predicted octanol–water partition coefficient (Wildman–Crippen LogP) is 5.76. The van der Waals surface area contributed by atoms with Crippen LogP contribution in [0.3, 0.4) is 0 Å². The van der Waals surface area contributed by atoms with Crippen LogP contribution in [0, 0.1) is 0 Å². The lowest BCUT2D eigenvalue weighted by Gasteiger charge is -2.21. The van der Waals surface area contributed by atoms with Crippen LogP contribution in [0.5, 0.6) is 0 Å². The highest BCUT2D eigenvalue weighted by Gasteiger charge is 2.14. The van der Waals surface area contributed by atoms with Crippen LogP contribution in [-0.2, 0) is 4.79 Å². The van der Waals surface area contributed by atoms with Crippen molar-refractivity contribution in [2.45, 2.75) is 52.6 Å². The van der Waals surface area contributed by atoms with Crippen LogP contribution in [0.25, 0.3) is 33.7 Å². The summed E-state index contributed by atoms with van der Waals surface area (Å²) in [7, 11) is 0. The molecule has 0 saturated carbocycles. The second-order valence-corrected chi connectivity index (χ2v) is 12.6. The van der Waals surface area contributed by atoms with Gasteiger partial charge in [-0.1, -0.05) is 6.58 Å². The molecule has 46 heavy (non-hydrogen) atoms. The Kier molecular flexibility index (Phi) is 8.67. The number of fused-ring (bicyclic) bond motifs is 2. The summed E-state index contributed by atoms with van der Waals surface area (Å²) in [5.74, 6) is 2.56. The van der Waals surface area contributed by atoms with Crippen molar-refractivity contribution in [3.8, 4) is 11.6 Å². The van der Waals surface area contributed by atoms with Gasteiger partial charge in [0.25, 0.3) is 0 Å². The zero-order chi connectivity index (χ0) is 33.1. The fourth-order valence-electron chi connectivity index (χ4n) is 4.51. The van der Waals surface area contributed by atoms with Crippen molar-refractivity contribution >= 4 is 51.0 Å². The fraction of sp³-hybridized carbons (Fsp3) is 0.242. The van der Waals surface area contributed by atoms with Crippen molar-refractivity contribution in [3.63, 3.8) is 0 Å². The summed E-state index contributed by atoms with van der Waals surface area (Å²) < 4.78 is 3.75. The first kappa shape index (κ1) is 31.6. The minimum atomic E-state index is -0.259. The molecule has 13 heteroatoms. The lowest BCUT2D eigenvalue weighted by Crippen LogP contribution is -2.27. The molecule has 0 saturated heterocycles. The summed E-state index contributed by atoms with van der Waals surface area (Å²) >= 11 is 0. The fourth-order valence-corrected chi connectivity index (χ4v) is 4.51. The number of hydrogen-bond acceptors (Lipinski definition) is 10. The largest absolute Gasteiger partial charge is 0.399 e. The van der Waals surface area contributed by atoms with Crippen molar-refractivity contribution in [1.29, 1.82) is 0 Å². The molecular weight excluding hydrogens is 580 g/mol. The Bertz CT molecular complexity index is 2010. The molecule has 6 aromatic rings. The van der Waals surface area contributed by atoms with Gasteiger partial charge in [0.05, 0.1) is 46.9 Å². The molecular formula is C33H38N12O. The monoisotopic (exact) mass is 618 g/mol. The Balaban J connectivity index is 0.000000184. The van der Waals surface area contributed by atoms with Crippen LogP contribution in [0.15, 0.2) is 86.5 Å². The van der Waals surface area contributed by atoms with E-state index in [-0.39, 0.29) is 17.0 Å². The Morgan fingerprint density at radius 2 is 1.26 bits per heavy atom. The standard InChI is InChI=1S/C18H20N6O.C15H18N6/c1-5-17(25)21-12-6-7-14-13(8-12)20-11-24(14)16-10-19-9-15(22-16)23-18(2,3)4;1-15(2,3)20-13-7-17-8-14(19-13)21-9-18-11-6-10(16)4-5-12(11)21/h5-11H,1H2,2-4H3,(H,21,25)(H,22,23);4-9H,16H2,1-3H3,(H,19,20). The van der Waals surface area contributed by atoms with Gasteiger partial charge in [0.2, 0.25) is 5.91 Å². The SMILES string of the molecule is C=CC(=O)Nc1ccc2c(c1)ncn2-c1cncc(NC(C)(C)C)n1.CC(C)(C)Nc1cncc(-n2cnc3cc(N)ccc32)n1. The number of carbonyl (C=O) groups excluding carboxylic acids is 1. The first-order chi connectivity index (χ1) is 21.8. The second-order valence-electron chi connectivity index (χ2n) is 12.6. The number of imidazole rings is 2. The summed E-state index contributed by atoms with van der Waals surface area (Å²) in [6.45, 7) is 15.9. The molecule has 6 rings (SSSR count). The van der Waals surface area contributed by atoms with Crippen LogP contribution >= 0.6 is 0 Å². The molecule has 0 bridgehead atoms. The summed E-state index contributed by atoms with van der Waals surface area (Å²) in [6, 6.07) is 11.1. The van der Waals surface area contributed by atoms with E-state index in [9.17, 15) is 4.79 Å². The number of nitrogens with two attached hydrogens (primary N) is 1. The van der Waals surface area contributed by atoms with E-state index in [1.165, 1.54) is 6.08 Å². The molecule has 5 N–H and O–H groups in total. The van der Waals surface area contributed by atoms with Gasteiger partial charge in [-0.3, -0.25) is 23.9 Å². The number of carbonyl (C=O) groups is 1. The first-order valence-corrected chi connectivity index (χ1v) is 14.6. The zero-order valence-electron chi connectivity index (χ0n) is 26.8. The number of amides is 1. The van der Waals surface area contributed by atoms with Crippen molar-refractivity contribution in [3.05, 3.63) is 86.5 Å². The zero-order valence-corrected chi connectivity index (χ0v) is 26.8. The Hall–Kier alpha value is -5.85. The molecule has 0 unspecified atom stereocenters. The Morgan fingerprint density at radius 1 is 0.761 bits per heavy atom. The average molecular weight is 619 g/mol. The molecule has 1 amide bonds. The number of benzene rings is 2. The third-order valence-corrected chi connectivity index (χ3v) is 6.31. The number of rotatable bonds is 6. The van der Waals surface area contributed by atoms with Gasteiger partial charge in [-0.25, -0.2) is 19.9 Å². The maximum atomic E-state index is 11.4. The van der Waals surface area contributed by atoms with E-state index in [1.807, 2.05) is 39.5 Å². The predicted molar refractivity (Wildman–Crippen MR) is 183 cm³/mol. The van der Waals surface area contributed by atoms with Crippen molar-refractivity contribution < 1.29 is 4.79 Å². The summed E-state index contributed by atoms with van der Waals surface area (Å²) in [6.07, 6.45) is 11.5. The maximum Gasteiger partial charge on any atom is 0.247 e. The molecule has 0 radical (unpaired) electrons. The lowest BCUT2D eigenvalue weighted by molar-refractivity contribution is -0.111. The molecule has 236 valence electrons. The third-order valence-electron chi connectivity index (χ3n) is 6.31. The molecule has 4 heterocycles. The van der Waals surface area contributed by atoms with E-state index in [0.717, 1.165) is 33.7 Å². The van der Waals surface area contributed by atoms with Crippen LogP contribution in [0.4, 0.5) is 23.0 Å². The number of hydrogen-bond donors (Lipinski definition) is 4. The molecule has 0 aliphatic carbocycles. The highest BCUT2D eigenvalue weighted by atomic mass is 16.1. The van der Waals surface area contributed by atoms with Gasteiger partial charge < -0.3 is 21.7 Å². The molecule has 0 aliphatic rings. The van der Waals surface area contributed by atoms with Gasteiger partial charge in [0.15, 0.2) is 11.6 Å². The quantitative estimate of drug-likeness (QED) is 0.133. The lowest BCUT2D eigenvalue weighted by atomic mass is 10.1. The van der Waals surface area contributed by atoms with E-state index >= 15 is 0 Å². The number of nitrogens with zero attached hydrogens (tertiary/aromatic N) is 8. The Morgan fingerprint density at radius 3 is 1.76 bits per heavy atom. The van der Waals surface area contributed by atoms with Gasteiger partial charge >= 0.3 is 0 Å². The maximum absolute atomic E-state index is 11.4. The number of aromatic nitrogens is 8. The van der Waals surface area contributed by atoms with Gasteiger partial charge in [0.1, 0.15) is 24.3 Å². The topological polar surface area (TPSA) is 166 Å². The highest BCUT2D eigenvalue weighted by molar-refractivity contribution is 6.00. The van der Waals surface area contributed by atoms with Crippen LogP contribution < -0.4 is 21.7 Å². The van der Waals surface area contributed by atoms with Crippen molar-refractivity contribution in [2.75, 3.05) is 21.7 Å². The van der Waals surface area contributed by atoms with Crippen LogP contribution in [-0.4, -0.2) is 56.0 Å². The summed E-state index contributed by atoms with van der Waals surface area (Å²) in [4.78, 5) is 37.9. The van der Waals surface area contributed by atoms with E-state index in [1.54, 1.807) is 43.5 Å². The van der Waals surface area contributed by atoms with E-state index < -0.39 is 0 Å². The summed E-state index contributed by atoms with van der Waals surface area (Å²) in [5.41, 5.74) is 10.4. The minimum absolute atomic E-state index is 0.0707. The number of nitrogen functional groups attached to an aromatic ring is 1. The van der Waals surface area contributed by atoms with E-state index in [4.69, 9.17) is 5.73 Å². The van der Waals surface area contributed by atoms with Gasteiger partial charge in [-0.05, 0) is 84.0 Å². The molecule has 0 atom stereocenters. The number of nitrogens with one attached hydrogen (secondary N) is 3. The number of anilines is 4. The molecule has 13 nitrogen and oxygen atoms in total. The van der Waals surface area contributed by atoms with Crippen molar-refractivity contribution in [1.82, 2.24) is 39.0 Å². The average Bonchev–Trinajstić information content (AvgIpc) is 3.60. The normalized spacial score (nSPS) is 11.5. The van der Waals surface area contributed by atoms with Crippen LogP contribution in [0.1, 0.15) is 41.5 Å². The van der Waals surface area contributed by atoms with E-state index in [2.05, 4.69) is 94.0 Å². The smallest absolute Gasteiger partial charge is 0.247 e. The molecule has 0 spiro atoms. The summed E-state index contributed by atoms with van der Waals surface area (Å²) in [5, 5.41) is 9.34. The Labute approximate surface area is 267 Å². The van der Waals surface area contributed by atoms with Crippen LogP contribution in [0.2, 0.25) is 0 Å². The molecule has 0 aliphatic heterocycles. The molecule has 2 aromatic carbocycles. The minimum Gasteiger partial charge on any atom is -0.399 e. The third kappa shape index (κ3) is 7.80. The van der Waals surface area contributed by atoms with E-state index in [0.29, 0.717) is 23.0 Å². The second kappa shape index (κ2) is 12.6. The molecule has 0 fully saturated rings. The van der Waals surface area contributed by atoms with Gasteiger partial charge in [-0.2, -0.15) is 0 Å².